The summed E-state index contributed by atoms with van der Waals surface area (Å²) < 4.78 is 5.24. The topological polar surface area (TPSA) is 81.5 Å². The minimum Gasteiger partial charge on any atom is -0.477 e. The van der Waals surface area contributed by atoms with E-state index in [0.717, 1.165) is 5.56 Å². The van der Waals surface area contributed by atoms with Crippen LogP contribution >= 0.6 is 23.2 Å². The zero-order valence-corrected chi connectivity index (χ0v) is 14.2. The Kier molecular flexibility index (Phi) is 6.00. The van der Waals surface area contributed by atoms with Crippen LogP contribution < -0.4 is 10.1 Å². The van der Waals surface area contributed by atoms with Gasteiger partial charge in [-0.15, -0.1) is 0 Å². The van der Waals surface area contributed by atoms with Crippen LogP contribution in [0.4, 0.5) is 5.69 Å². The van der Waals surface area contributed by atoms with Gasteiger partial charge in [-0.05, 0) is 30.7 Å². The number of rotatable bonds is 6. The maximum atomic E-state index is 12.0. The molecular weight excluding hydrogens is 355 g/mol. The van der Waals surface area contributed by atoms with E-state index in [1.165, 1.54) is 18.2 Å². The molecule has 0 fully saturated rings. The Morgan fingerprint density at radius 1 is 1.29 bits per heavy atom. The first-order valence-electron chi connectivity index (χ1n) is 6.99. The summed E-state index contributed by atoms with van der Waals surface area (Å²) >= 11 is 11.8. The van der Waals surface area contributed by atoms with Crippen molar-refractivity contribution < 1.29 is 14.5 Å². The molecule has 1 N–H and O–H groups in total. The molecule has 6 nitrogen and oxygen atoms in total. The summed E-state index contributed by atoms with van der Waals surface area (Å²) in [6.07, 6.45) is 0. The van der Waals surface area contributed by atoms with E-state index in [2.05, 4.69) is 5.32 Å². The van der Waals surface area contributed by atoms with Crippen LogP contribution in [0, 0.1) is 10.1 Å². The maximum Gasteiger partial charge on any atom is 0.312 e. The molecular formula is C16H14Cl2N2O4. The van der Waals surface area contributed by atoms with E-state index in [1.807, 2.05) is 6.07 Å². The Labute approximate surface area is 148 Å². The lowest BCUT2D eigenvalue weighted by molar-refractivity contribution is -0.385. The first-order valence-corrected chi connectivity index (χ1v) is 7.74. The summed E-state index contributed by atoms with van der Waals surface area (Å²) in [6.45, 7) is 1.42. The first-order chi connectivity index (χ1) is 11.4. The monoisotopic (exact) mass is 368 g/mol. The Hall–Kier alpha value is -2.31. The van der Waals surface area contributed by atoms with Crippen molar-refractivity contribution in [2.45, 2.75) is 13.0 Å². The first kappa shape index (κ1) is 18.0. The molecule has 1 atom stereocenters. The van der Waals surface area contributed by atoms with Crippen molar-refractivity contribution in [3.8, 4) is 5.75 Å². The van der Waals surface area contributed by atoms with Gasteiger partial charge in [0.15, 0.2) is 12.4 Å². The molecule has 126 valence electrons. The summed E-state index contributed by atoms with van der Waals surface area (Å²) in [4.78, 5) is 22.3. The van der Waals surface area contributed by atoms with Crippen molar-refractivity contribution in [2.75, 3.05) is 6.61 Å². The second-order valence-electron chi connectivity index (χ2n) is 4.97. The number of amides is 1. The van der Waals surface area contributed by atoms with Crippen molar-refractivity contribution in [3.05, 3.63) is 68.2 Å². The number of nitro benzene ring substituents is 1. The molecule has 0 aliphatic heterocycles. The van der Waals surface area contributed by atoms with Crippen LogP contribution in [-0.2, 0) is 4.79 Å². The molecule has 2 aromatic rings. The number of nitrogens with one attached hydrogen (secondary N) is 1. The maximum absolute atomic E-state index is 12.0. The molecule has 1 amide bonds. The SMILES string of the molecule is CC(NC(=O)COc1ccc(Cl)cc1[N+](=O)[O-])c1ccccc1Cl. The third-order valence-electron chi connectivity index (χ3n) is 3.23. The molecule has 0 bridgehead atoms. The summed E-state index contributed by atoms with van der Waals surface area (Å²) in [5, 5.41) is 14.4. The number of carbonyl (C=O) groups excluding carboxylic acids is 1. The summed E-state index contributed by atoms with van der Waals surface area (Å²) in [6, 6.07) is 10.8. The van der Waals surface area contributed by atoms with Crippen LogP contribution in [0.5, 0.6) is 5.75 Å². The van der Waals surface area contributed by atoms with Gasteiger partial charge in [0, 0.05) is 16.1 Å². The highest BCUT2D eigenvalue weighted by atomic mass is 35.5. The molecule has 0 saturated heterocycles. The number of hydrogen-bond donors (Lipinski definition) is 1. The Morgan fingerprint density at radius 2 is 2.00 bits per heavy atom. The van der Waals surface area contributed by atoms with Crippen LogP contribution in [0.2, 0.25) is 10.0 Å². The third kappa shape index (κ3) is 4.59. The molecule has 0 heterocycles. The molecule has 0 spiro atoms. The Morgan fingerprint density at radius 3 is 2.67 bits per heavy atom. The number of hydrogen-bond acceptors (Lipinski definition) is 4. The molecule has 0 aliphatic carbocycles. The van der Waals surface area contributed by atoms with Gasteiger partial charge in [0.1, 0.15) is 0 Å². The van der Waals surface area contributed by atoms with Gasteiger partial charge < -0.3 is 10.1 Å². The minimum atomic E-state index is -0.620. The van der Waals surface area contributed by atoms with Gasteiger partial charge in [-0.2, -0.15) is 0 Å². The number of halogens is 2. The van der Waals surface area contributed by atoms with E-state index in [-0.39, 0.29) is 29.1 Å². The largest absolute Gasteiger partial charge is 0.477 e. The molecule has 1 unspecified atom stereocenters. The average molecular weight is 369 g/mol. The normalized spacial score (nSPS) is 11.6. The van der Waals surface area contributed by atoms with Gasteiger partial charge in [-0.25, -0.2) is 0 Å². The van der Waals surface area contributed by atoms with Gasteiger partial charge in [-0.3, -0.25) is 14.9 Å². The van der Waals surface area contributed by atoms with Crippen molar-refractivity contribution in [3.63, 3.8) is 0 Å². The fraction of sp³-hybridized carbons (Fsp3) is 0.188. The molecule has 0 saturated carbocycles. The fourth-order valence-electron chi connectivity index (χ4n) is 2.09. The molecule has 2 rings (SSSR count). The summed E-state index contributed by atoms with van der Waals surface area (Å²) in [5.41, 5.74) is 0.472. The van der Waals surface area contributed by atoms with Crippen LogP contribution in [0.1, 0.15) is 18.5 Å². The lowest BCUT2D eigenvalue weighted by atomic mass is 10.1. The lowest BCUT2D eigenvalue weighted by Gasteiger charge is -2.16. The Balaban J connectivity index is 1.99. The molecule has 0 aliphatic rings. The molecule has 2 aromatic carbocycles. The summed E-state index contributed by atoms with van der Waals surface area (Å²) in [5.74, 6) is -0.448. The van der Waals surface area contributed by atoms with E-state index in [1.54, 1.807) is 25.1 Å². The van der Waals surface area contributed by atoms with Crippen molar-refractivity contribution in [2.24, 2.45) is 0 Å². The van der Waals surface area contributed by atoms with Gasteiger partial charge in [-0.1, -0.05) is 41.4 Å². The van der Waals surface area contributed by atoms with E-state index in [4.69, 9.17) is 27.9 Å². The predicted octanol–water partition coefficient (Wildman–Crippen LogP) is 4.16. The fourth-order valence-corrected chi connectivity index (χ4v) is 2.55. The zero-order valence-electron chi connectivity index (χ0n) is 12.7. The summed E-state index contributed by atoms with van der Waals surface area (Å²) in [7, 11) is 0. The van der Waals surface area contributed by atoms with Crippen molar-refractivity contribution in [1.29, 1.82) is 0 Å². The van der Waals surface area contributed by atoms with E-state index in [9.17, 15) is 14.9 Å². The van der Waals surface area contributed by atoms with Gasteiger partial charge in [0.2, 0.25) is 0 Å². The highest BCUT2D eigenvalue weighted by Gasteiger charge is 2.18. The quantitative estimate of drug-likeness (QED) is 0.612. The smallest absolute Gasteiger partial charge is 0.312 e. The zero-order chi connectivity index (χ0) is 17.7. The lowest BCUT2D eigenvalue weighted by Crippen LogP contribution is -2.31. The molecule has 0 radical (unpaired) electrons. The van der Waals surface area contributed by atoms with Crippen LogP contribution in [0.15, 0.2) is 42.5 Å². The second-order valence-corrected chi connectivity index (χ2v) is 5.81. The van der Waals surface area contributed by atoms with Gasteiger partial charge in [0.05, 0.1) is 11.0 Å². The van der Waals surface area contributed by atoms with Crippen molar-refractivity contribution in [1.82, 2.24) is 5.32 Å². The number of nitro groups is 1. The highest BCUT2D eigenvalue weighted by molar-refractivity contribution is 6.31. The van der Waals surface area contributed by atoms with Crippen LogP contribution in [0.3, 0.4) is 0 Å². The average Bonchev–Trinajstić information content (AvgIpc) is 2.53. The predicted molar refractivity (Wildman–Crippen MR) is 91.6 cm³/mol. The molecule has 24 heavy (non-hydrogen) atoms. The number of carbonyl (C=O) groups is 1. The second kappa shape index (κ2) is 7.99. The number of benzene rings is 2. The van der Waals surface area contributed by atoms with E-state index >= 15 is 0 Å². The van der Waals surface area contributed by atoms with Crippen LogP contribution in [0.25, 0.3) is 0 Å². The minimum absolute atomic E-state index is 0.0232. The van der Waals surface area contributed by atoms with Gasteiger partial charge in [0.25, 0.3) is 5.91 Å². The molecule has 8 heteroatoms. The van der Waals surface area contributed by atoms with Crippen LogP contribution in [-0.4, -0.2) is 17.4 Å². The standard InChI is InChI=1S/C16H14Cl2N2O4/c1-10(12-4-2-3-5-13(12)18)19-16(21)9-24-15-7-6-11(17)8-14(15)20(22)23/h2-8,10H,9H2,1H3,(H,19,21). The Bertz CT molecular complexity index is 767. The third-order valence-corrected chi connectivity index (χ3v) is 3.80. The number of ether oxygens (including phenoxy) is 1. The highest BCUT2D eigenvalue weighted by Crippen LogP contribution is 2.29. The van der Waals surface area contributed by atoms with Gasteiger partial charge >= 0.3 is 5.69 Å². The molecule has 0 aromatic heterocycles. The van der Waals surface area contributed by atoms with E-state index < -0.39 is 10.8 Å². The van der Waals surface area contributed by atoms with E-state index in [0.29, 0.717) is 5.02 Å². The number of nitrogens with zero attached hydrogens (tertiary/aromatic N) is 1. The van der Waals surface area contributed by atoms with Crippen molar-refractivity contribution >= 4 is 34.8 Å².